The number of benzene rings is 1. The average molecular weight is 305 g/mol. The predicted molar refractivity (Wildman–Crippen MR) is 82.8 cm³/mol. The Labute approximate surface area is 130 Å². The molecule has 1 aliphatic rings. The minimum absolute atomic E-state index is 0.0768. The molecule has 1 aromatic carbocycles. The second-order valence-corrected chi connectivity index (χ2v) is 5.63. The van der Waals surface area contributed by atoms with E-state index in [1.54, 1.807) is 0 Å². The maximum atomic E-state index is 12.0. The molecule has 0 spiro atoms. The molecule has 1 saturated carbocycles. The first-order chi connectivity index (χ1) is 10.6. The molecule has 0 unspecified atom stereocenters. The molecular formula is C17H23NO4. The van der Waals surface area contributed by atoms with Gasteiger partial charge in [0.25, 0.3) is 0 Å². The summed E-state index contributed by atoms with van der Waals surface area (Å²) in [4.78, 5) is 23.1. The molecule has 0 aliphatic heterocycles. The molecular weight excluding hydrogens is 282 g/mol. The Kier molecular flexibility index (Phi) is 5.81. The number of carbonyl (C=O) groups excluding carboxylic acids is 1. The van der Waals surface area contributed by atoms with Crippen LogP contribution >= 0.6 is 0 Å². The molecule has 2 N–H and O–H groups in total. The number of aryl methyl sites for hydroxylation is 1. The average Bonchev–Trinajstić information content (AvgIpc) is 2.95. The van der Waals surface area contributed by atoms with E-state index in [0.29, 0.717) is 25.9 Å². The normalized spacial score (nSPS) is 20.6. The van der Waals surface area contributed by atoms with Crippen LogP contribution in [0, 0.1) is 5.92 Å². The van der Waals surface area contributed by atoms with Gasteiger partial charge in [-0.25, -0.2) is 0 Å². The highest BCUT2D eigenvalue weighted by molar-refractivity contribution is 5.78. The van der Waals surface area contributed by atoms with Crippen LogP contribution in [0.3, 0.4) is 0 Å². The number of hydrogen-bond donors (Lipinski definition) is 2. The summed E-state index contributed by atoms with van der Waals surface area (Å²) in [6.07, 6.45) is 3.28. The van der Waals surface area contributed by atoms with Crippen LogP contribution in [0.15, 0.2) is 24.3 Å². The molecule has 0 saturated heterocycles. The Morgan fingerprint density at radius 2 is 2.00 bits per heavy atom. The van der Waals surface area contributed by atoms with E-state index in [4.69, 9.17) is 9.84 Å². The second-order valence-electron chi connectivity index (χ2n) is 5.63. The summed E-state index contributed by atoms with van der Waals surface area (Å²) in [5.74, 6) is -0.498. The van der Waals surface area contributed by atoms with Crippen molar-refractivity contribution in [1.82, 2.24) is 5.32 Å². The maximum Gasteiger partial charge on any atom is 0.308 e. The topological polar surface area (TPSA) is 75.6 Å². The van der Waals surface area contributed by atoms with Crippen LogP contribution in [0.25, 0.3) is 0 Å². The minimum atomic E-state index is -0.811. The van der Waals surface area contributed by atoms with Crippen molar-refractivity contribution in [3.05, 3.63) is 29.8 Å². The van der Waals surface area contributed by atoms with Crippen LogP contribution in [0.4, 0.5) is 0 Å². The van der Waals surface area contributed by atoms with E-state index < -0.39 is 11.9 Å². The zero-order valence-corrected chi connectivity index (χ0v) is 12.9. The first-order valence-electron chi connectivity index (χ1n) is 7.84. The van der Waals surface area contributed by atoms with Crippen LogP contribution < -0.4 is 10.1 Å². The van der Waals surface area contributed by atoms with Crippen molar-refractivity contribution >= 4 is 11.9 Å². The molecule has 2 rings (SSSR count). The van der Waals surface area contributed by atoms with E-state index in [-0.39, 0.29) is 11.9 Å². The van der Waals surface area contributed by atoms with E-state index in [0.717, 1.165) is 24.2 Å². The SMILES string of the molecule is CCOc1ccc(CCC(=O)N[C@@H]2CCC[C@@H]2C(=O)O)cc1. The Hall–Kier alpha value is -2.04. The summed E-state index contributed by atoms with van der Waals surface area (Å²) in [7, 11) is 0. The number of carboxylic acids is 1. The Morgan fingerprint density at radius 1 is 1.27 bits per heavy atom. The first kappa shape index (κ1) is 16.3. The van der Waals surface area contributed by atoms with Gasteiger partial charge in [0, 0.05) is 12.5 Å². The minimum Gasteiger partial charge on any atom is -0.494 e. The molecule has 1 aromatic rings. The number of aliphatic carboxylic acids is 1. The Bertz CT molecular complexity index is 512. The summed E-state index contributed by atoms with van der Waals surface area (Å²) < 4.78 is 5.37. The lowest BCUT2D eigenvalue weighted by Crippen LogP contribution is -2.40. The van der Waals surface area contributed by atoms with Gasteiger partial charge in [-0.1, -0.05) is 18.6 Å². The summed E-state index contributed by atoms with van der Waals surface area (Å²) in [5.41, 5.74) is 1.07. The first-order valence-corrected chi connectivity index (χ1v) is 7.84. The lowest BCUT2D eigenvalue weighted by molar-refractivity contribution is -0.142. The smallest absolute Gasteiger partial charge is 0.308 e. The largest absolute Gasteiger partial charge is 0.494 e. The fourth-order valence-electron chi connectivity index (χ4n) is 2.88. The van der Waals surface area contributed by atoms with Gasteiger partial charge in [-0.15, -0.1) is 0 Å². The van der Waals surface area contributed by atoms with Gasteiger partial charge in [-0.2, -0.15) is 0 Å². The second kappa shape index (κ2) is 7.82. The van der Waals surface area contributed by atoms with Gasteiger partial charge < -0.3 is 15.2 Å². The summed E-state index contributed by atoms with van der Waals surface area (Å²) in [5, 5.41) is 12.0. The van der Waals surface area contributed by atoms with Crippen molar-refractivity contribution in [2.75, 3.05) is 6.61 Å². The van der Waals surface area contributed by atoms with Crippen molar-refractivity contribution in [3.63, 3.8) is 0 Å². The molecule has 0 aromatic heterocycles. The quantitative estimate of drug-likeness (QED) is 0.811. The van der Waals surface area contributed by atoms with Crippen molar-refractivity contribution in [1.29, 1.82) is 0 Å². The van der Waals surface area contributed by atoms with Gasteiger partial charge in [-0.05, 0) is 43.9 Å². The Morgan fingerprint density at radius 3 is 2.64 bits per heavy atom. The van der Waals surface area contributed by atoms with Crippen LogP contribution in [-0.2, 0) is 16.0 Å². The van der Waals surface area contributed by atoms with E-state index in [9.17, 15) is 9.59 Å². The number of hydrogen-bond acceptors (Lipinski definition) is 3. The van der Waals surface area contributed by atoms with E-state index in [1.807, 2.05) is 31.2 Å². The lowest BCUT2D eigenvalue weighted by atomic mass is 10.0. The Balaban J connectivity index is 1.78. The van der Waals surface area contributed by atoms with Crippen molar-refractivity contribution in [2.45, 2.75) is 45.1 Å². The maximum absolute atomic E-state index is 12.0. The zero-order chi connectivity index (χ0) is 15.9. The third-order valence-electron chi connectivity index (χ3n) is 4.05. The third-order valence-corrected chi connectivity index (χ3v) is 4.05. The number of ether oxygens (including phenoxy) is 1. The van der Waals surface area contributed by atoms with Gasteiger partial charge in [0.2, 0.25) is 5.91 Å². The van der Waals surface area contributed by atoms with Gasteiger partial charge in [0.05, 0.1) is 12.5 Å². The molecule has 1 fully saturated rings. The van der Waals surface area contributed by atoms with Crippen molar-refractivity contribution in [3.8, 4) is 5.75 Å². The van der Waals surface area contributed by atoms with Crippen molar-refractivity contribution < 1.29 is 19.4 Å². The number of nitrogens with one attached hydrogen (secondary N) is 1. The van der Waals surface area contributed by atoms with E-state index in [2.05, 4.69) is 5.32 Å². The molecule has 5 nitrogen and oxygen atoms in total. The molecule has 0 radical (unpaired) electrons. The summed E-state index contributed by atoms with van der Waals surface area (Å²) in [6, 6.07) is 7.48. The molecule has 1 aliphatic carbocycles. The van der Waals surface area contributed by atoms with Gasteiger partial charge in [0.15, 0.2) is 0 Å². The number of carboxylic acid groups (broad SMARTS) is 1. The molecule has 5 heteroatoms. The van der Waals surface area contributed by atoms with Gasteiger partial charge in [-0.3, -0.25) is 9.59 Å². The highest BCUT2D eigenvalue weighted by Crippen LogP contribution is 2.26. The molecule has 1 amide bonds. The molecule has 22 heavy (non-hydrogen) atoms. The van der Waals surface area contributed by atoms with Gasteiger partial charge in [0.1, 0.15) is 5.75 Å². The highest BCUT2D eigenvalue weighted by atomic mass is 16.5. The fourth-order valence-corrected chi connectivity index (χ4v) is 2.88. The number of amides is 1. The summed E-state index contributed by atoms with van der Waals surface area (Å²) in [6.45, 7) is 2.57. The molecule has 2 atom stereocenters. The van der Waals surface area contributed by atoms with Crippen LogP contribution in [0.2, 0.25) is 0 Å². The fraction of sp³-hybridized carbons (Fsp3) is 0.529. The standard InChI is InChI=1S/C17H23NO4/c1-2-22-13-9-6-12(7-10-13)8-11-16(19)18-15-5-3-4-14(15)17(20)21/h6-7,9-10,14-15H,2-5,8,11H2,1H3,(H,18,19)(H,20,21)/t14-,15+/m0/s1. The zero-order valence-electron chi connectivity index (χ0n) is 12.9. The number of carbonyl (C=O) groups is 2. The van der Waals surface area contributed by atoms with Crippen LogP contribution in [0.5, 0.6) is 5.75 Å². The van der Waals surface area contributed by atoms with Gasteiger partial charge >= 0.3 is 5.97 Å². The van der Waals surface area contributed by atoms with Crippen LogP contribution in [-0.4, -0.2) is 29.6 Å². The van der Waals surface area contributed by atoms with Crippen molar-refractivity contribution in [2.24, 2.45) is 5.92 Å². The van der Waals surface area contributed by atoms with E-state index in [1.165, 1.54) is 0 Å². The monoisotopic (exact) mass is 305 g/mol. The number of rotatable bonds is 7. The molecule has 0 heterocycles. The molecule has 0 bridgehead atoms. The highest BCUT2D eigenvalue weighted by Gasteiger charge is 2.33. The predicted octanol–water partition coefficient (Wildman–Crippen LogP) is 2.39. The summed E-state index contributed by atoms with van der Waals surface area (Å²) >= 11 is 0. The molecule has 120 valence electrons. The lowest BCUT2D eigenvalue weighted by Gasteiger charge is -2.17. The van der Waals surface area contributed by atoms with E-state index >= 15 is 0 Å². The van der Waals surface area contributed by atoms with Crippen LogP contribution in [0.1, 0.15) is 38.2 Å². The third kappa shape index (κ3) is 4.48.